The van der Waals surface area contributed by atoms with Crippen LogP contribution in [0.15, 0.2) is 36.9 Å². The monoisotopic (exact) mass is 200 g/mol. The Balaban J connectivity index is 1.92. The Morgan fingerprint density at radius 2 is 2.07 bits per heavy atom. The predicted molar refractivity (Wildman–Crippen MR) is 58.0 cm³/mol. The van der Waals surface area contributed by atoms with Gasteiger partial charge in [-0.05, 0) is 29.2 Å². The van der Waals surface area contributed by atoms with Gasteiger partial charge in [-0.25, -0.2) is 0 Å². The topological polar surface area (TPSA) is 54.5 Å². The highest BCUT2D eigenvalue weighted by molar-refractivity contribution is 5.56. The summed E-state index contributed by atoms with van der Waals surface area (Å²) in [4.78, 5) is 0. The number of hydrogen-bond acceptors (Lipinski definition) is 3. The normalized spacial score (nSPS) is 10.1. The highest BCUT2D eigenvalue weighted by atomic mass is 15.5. The molecule has 0 saturated heterocycles. The van der Waals surface area contributed by atoms with Gasteiger partial charge < -0.3 is 0 Å². The molecule has 0 spiro atoms. The lowest BCUT2D eigenvalue weighted by Crippen LogP contribution is -1.90. The predicted octanol–water partition coefficient (Wildman–Crippen LogP) is 1.85. The summed E-state index contributed by atoms with van der Waals surface area (Å²) in [5, 5.41) is 13.7. The Bertz CT molecular complexity index is 419. The third-order valence-corrected chi connectivity index (χ3v) is 2.22. The van der Waals surface area contributed by atoms with E-state index in [1.165, 1.54) is 5.56 Å². The Hall–Kier alpha value is -1.97. The molecule has 0 aliphatic heterocycles. The van der Waals surface area contributed by atoms with Crippen molar-refractivity contribution in [1.82, 2.24) is 20.6 Å². The third-order valence-electron chi connectivity index (χ3n) is 2.22. The van der Waals surface area contributed by atoms with Crippen molar-refractivity contribution in [2.75, 3.05) is 0 Å². The molecule has 15 heavy (non-hydrogen) atoms. The molecule has 76 valence electrons. The molecule has 2 rings (SSSR count). The first-order valence-corrected chi connectivity index (χ1v) is 4.82. The number of rotatable bonds is 4. The van der Waals surface area contributed by atoms with Crippen LogP contribution < -0.4 is 0 Å². The van der Waals surface area contributed by atoms with Gasteiger partial charge in [-0.1, -0.05) is 36.9 Å². The van der Waals surface area contributed by atoms with Crippen molar-refractivity contribution in [3.8, 4) is 0 Å². The fourth-order valence-electron chi connectivity index (χ4n) is 1.36. The zero-order valence-electron chi connectivity index (χ0n) is 8.35. The maximum Gasteiger partial charge on any atom is 0.200 e. The first kappa shape index (κ1) is 9.58. The van der Waals surface area contributed by atoms with Crippen LogP contribution in [0.2, 0.25) is 0 Å². The molecule has 0 fully saturated rings. The van der Waals surface area contributed by atoms with Gasteiger partial charge in [0, 0.05) is 0 Å². The van der Waals surface area contributed by atoms with Crippen LogP contribution >= 0.6 is 0 Å². The minimum Gasteiger partial charge on any atom is -0.177 e. The molecule has 1 N–H and O–H groups in total. The van der Waals surface area contributed by atoms with E-state index in [0.717, 1.165) is 18.4 Å². The van der Waals surface area contributed by atoms with Crippen molar-refractivity contribution in [3.05, 3.63) is 48.3 Å². The summed E-state index contributed by atoms with van der Waals surface area (Å²) in [6, 6.07) is 10.3. The number of nitrogens with zero attached hydrogens (tertiary/aromatic N) is 3. The molecular formula is C11H12N4. The molecule has 2 aromatic rings. The number of allylic oxidation sites excluding steroid dienone is 1. The van der Waals surface area contributed by atoms with E-state index in [1.807, 2.05) is 18.2 Å². The smallest absolute Gasteiger partial charge is 0.177 e. The SMILES string of the molecule is C=C(CCc1ccccc1)c1nn[nH]n1. The van der Waals surface area contributed by atoms with Gasteiger partial charge in [-0.2, -0.15) is 5.21 Å². The van der Waals surface area contributed by atoms with Gasteiger partial charge in [0.1, 0.15) is 0 Å². The van der Waals surface area contributed by atoms with Crippen LogP contribution in [0.5, 0.6) is 0 Å². The van der Waals surface area contributed by atoms with Crippen molar-refractivity contribution in [3.63, 3.8) is 0 Å². The van der Waals surface area contributed by atoms with Crippen LogP contribution in [0.4, 0.5) is 0 Å². The third kappa shape index (κ3) is 2.49. The lowest BCUT2D eigenvalue weighted by molar-refractivity contribution is 0.881. The van der Waals surface area contributed by atoms with E-state index in [2.05, 4.69) is 39.3 Å². The Labute approximate surface area is 88.0 Å². The maximum absolute atomic E-state index is 3.93. The van der Waals surface area contributed by atoms with Crippen LogP contribution in [-0.4, -0.2) is 20.6 Å². The standard InChI is InChI=1S/C11H12N4/c1-9(11-12-14-15-13-11)7-8-10-5-3-2-4-6-10/h2-6H,1,7-8H2,(H,12,13,14,15). The first-order valence-electron chi connectivity index (χ1n) is 4.82. The maximum atomic E-state index is 3.93. The van der Waals surface area contributed by atoms with Gasteiger partial charge in [0.05, 0.1) is 0 Å². The zero-order chi connectivity index (χ0) is 10.5. The summed E-state index contributed by atoms with van der Waals surface area (Å²) >= 11 is 0. The largest absolute Gasteiger partial charge is 0.200 e. The molecule has 1 heterocycles. The number of aryl methyl sites for hydroxylation is 1. The van der Waals surface area contributed by atoms with Gasteiger partial charge in [-0.3, -0.25) is 0 Å². The summed E-state index contributed by atoms with van der Waals surface area (Å²) in [5.74, 6) is 0.603. The number of tetrazole rings is 1. The lowest BCUT2D eigenvalue weighted by atomic mass is 10.1. The molecule has 4 heteroatoms. The summed E-state index contributed by atoms with van der Waals surface area (Å²) in [6.45, 7) is 3.93. The second kappa shape index (κ2) is 4.50. The summed E-state index contributed by atoms with van der Waals surface area (Å²) < 4.78 is 0. The molecular weight excluding hydrogens is 188 g/mol. The molecule has 0 bridgehead atoms. The van der Waals surface area contributed by atoms with E-state index >= 15 is 0 Å². The molecule has 0 aliphatic carbocycles. The average molecular weight is 200 g/mol. The fourth-order valence-corrected chi connectivity index (χ4v) is 1.36. The van der Waals surface area contributed by atoms with Crippen molar-refractivity contribution in [1.29, 1.82) is 0 Å². The highest BCUT2D eigenvalue weighted by Gasteiger charge is 2.03. The minimum absolute atomic E-state index is 0.603. The molecule has 1 aromatic carbocycles. The summed E-state index contributed by atoms with van der Waals surface area (Å²) in [7, 11) is 0. The van der Waals surface area contributed by atoms with Crippen molar-refractivity contribution in [2.45, 2.75) is 12.8 Å². The summed E-state index contributed by atoms with van der Waals surface area (Å²) in [5.41, 5.74) is 2.20. The Morgan fingerprint density at radius 1 is 1.27 bits per heavy atom. The first-order chi connectivity index (χ1) is 7.36. The van der Waals surface area contributed by atoms with Crippen molar-refractivity contribution >= 4 is 5.57 Å². The number of hydrogen-bond donors (Lipinski definition) is 1. The van der Waals surface area contributed by atoms with Crippen molar-refractivity contribution in [2.24, 2.45) is 0 Å². The van der Waals surface area contributed by atoms with E-state index in [-0.39, 0.29) is 0 Å². The minimum atomic E-state index is 0.603. The molecule has 1 aromatic heterocycles. The number of aromatic nitrogens is 4. The van der Waals surface area contributed by atoms with E-state index in [4.69, 9.17) is 0 Å². The fraction of sp³-hybridized carbons (Fsp3) is 0.182. The van der Waals surface area contributed by atoms with Crippen LogP contribution in [0, 0.1) is 0 Å². The van der Waals surface area contributed by atoms with Gasteiger partial charge in [0.25, 0.3) is 0 Å². The molecule has 0 aliphatic rings. The molecule has 4 nitrogen and oxygen atoms in total. The number of aromatic amines is 1. The lowest BCUT2D eigenvalue weighted by Gasteiger charge is -2.00. The van der Waals surface area contributed by atoms with Crippen LogP contribution in [-0.2, 0) is 6.42 Å². The number of benzene rings is 1. The van der Waals surface area contributed by atoms with Crippen LogP contribution in [0.3, 0.4) is 0 Å². The van der Waals surface area contributed by atoms with E-state index in [0.29, 0.717) is 5.82 Å². The van der Waals surface area contributed by atoms with Gasteiger partial charge >= 0.3 is 0 Å². The van der Waals surface area contributed by atoms with Gasteiger partial charge in [0.15, 0.2) is 5.82 Å². The Kier molecular flexibility index (Phi) is 2.88. The Morgan fingerprint density at radius 3 is 2.73 bits per heavy atom. The molecule has 0 radical (unpaired) electrons. The second-order valence-corrected chi connectivity index (χ2v) is 3.32. The molecule has 0 atom stereocenters. The van der Waals surface area contributed by atoms with Gasteiger partial charge in [0.2, 0.25) is 0 Å². The van der Waals surface area contributed by atoms with E-state index in [1.54, 1.807) is 0 Å². The number of H-pyrrole nitrogens is 1. The van der Waals surface area contributed by atoms with Gasteiger partial charge in [-0.15, -0.1) is 10.2 Å². The van der Waals surface area contributed by atoms with E-state index in [9.17, 15) is 0 Å². The highest BCUT2D eigenvalue weighted by Crippen LogP contribution is 2.13. The summed E-state index contributed by atoms with van der Waals surface area (Å²) in [6.07, 6.45) is 1.80. The second-order valence-electron chi connectivity index (χ2n) is 3.32. The number of nitrogens with one attached hydrogen (secondary N) is 1. The molecule has 0 amide bonds. The van der Waals surface area contributed by atoms with Crippen LogP contribution in [0.1, 0.15) is 17.8 Å². The quantitative estimate of drug-likeness (QED) is 0.819. The van der Waals surface area contributed by atoms with E-state index < -0.39 is 0 Å². The molecule has 0 unspecified atom stereocenters. The zero-order valence-corrected chi connectivity index (χ0v) is 8.35. The average Bonchev–Trinajstić information content (AvgIpc) is 2.81. The van der Waals surface area contributed by atoms with Crippen molar-refractivity contribution < 1.29 is 0 Å². The van der Waals surface area contributed by atoms with Crippen LogP contribution in [0.25, 0.3) is 5.57 Å². The molecule has 0 saturated carbocycles.